The summed E-state index contributed by atoms with van der Waals surface area (Å²) in [4.78, 5) is 25.5. The number of amides is 2. The number of carbonyl (C=O) groups excluding carboxylic acids is 2. The van der Waals surface area contributed by atoms with Crippen LogP contribution in [0.2, 0.25) is 0 Å². The first-order chi connectivity index (χ1) is 11.3. The fraction of sp³-hybridized carbons (Fsp3) is 0.529. The van der Waals surface area contributed by atoms with Crippen LogP contribution in [0.4, 0.5) is 13.2 Å². The second-order valence-electron chi connectivity index (χ2n) is 5.54. The molecule has 0 aliphatic carbocycles. The molecule has 0 aromatic heterocycles. The van der Waals surface area contributed by atoms with Crippen LogP contribution in [-0.2, 0) is 22.2 Å². The summed E-state index contributed by atoms with van der Waals surface area (Å²) in [6.07, 6.45) is -3.15. The largest absolute Gasteiger partial charge is 0.416 e. The quantitative estimate of drug-likeness (QED) is 0.788. The first kappa shape index (κ1) is 20.0. The van der Waals surface area contributed by atoms with E-state index in [1.807, 2.05) is 13.8 Å². The molecule has 0 unspecified atom stereocenters. The zero-order valence-electron chi connectivity index (χ0n) is 13.9. The summed E-state index contributed by atoms with van der Waals surface area (Å²) in [7, 11) is 0. The van der Waals surface area contributed by atoms with Gasteiger partial charge < -0.3 is 10.2 Å². The second-order valence-corrected chi connectivity index (χ2v) is 5.54. The highest BCUT2D eigenvalue weighted by atomic mass is 19.4. The van der Waals surface area contributed by atoms with Crippen LogP contribution in [0, 0.1) is 0 Å². The summed E-state index contributed by atoms with van der Waals surface area (Å²) in [6, 6.07) is 4.70. The van der Waals surface area contributed by atoms with E-state index in [4.69, 9.17) is 0 Å². The number of nitrogens with zero attached hydrogens (tertiary/aromatic N) is 1. The molecule has 7 heteroatoms. The molecule has 0 fully saturated rings. The van der Waals surface area contributed by atoms with Crippen molar-refractivity contribution < 1.29 is 22.8 Å². The third kappa shape index (κ3) is 6.60. The van der Waals surface area contributed by atoms with E-state index in [-0.39, 0.29) is 30.3 Å². The highest BCUT2D eigenvalue weighted by Crippen LogP contribution is 2.29. The van der Waals surface area contributed by atoms with Crippen molar-refractivity contribution in [1.82, 2.24) is 10.2 Å². The van der Waals surface area contributed by atoms with Crippen LogP contribution in [0.25, 0.3) is 0 Å². The predicted octanol–water partition coefficient (Wildman–Crippen LogP) is 3.01. The normalized spacial score (nSPS) is 11.2. The number of alkyl halides is 3. The zero-order chi connectivity index (χ0) is 18.2. The minimum atomic E-state index is -4.44. The standard InChI is InChI=1S/C17H23F3N2O2/c1-3-8-21-15(23)12-22(9-4-2)16(24)11-13-6-5-7-14(10-13)17(18,19)20/h5-7,10H,3-4,8-9,11-12H2,1-2H3,(H,21,23). The molecule has 1 aromatic carbocycles. The van der Waals surface area contributed by atoms with Crippen molar-refractivity contribution in [1.29, 1.82) is 0 Å². The van der Waals surface area contributed by atoms with E-state index in [0.29, 0.717) is 19.5 Å². The van der Waals surface area contributed by atoms with Crippen molar-refractivity contribution in [3.05, 3.63) is 35.4 Å². The van der Waals surface area contributed by atoms with E-state index in [0.717, 1.165) is 18.6 Å². The molecule has 0 saturated carbocycles. The first-order valence-electron chi connectivity index (χ1n) is 7.98. The topological polar surface area (TPSA) is 49.4 Å². The molecule has 134 valence electrons. The third-order valence-electron chi connectivity index (χ3n) is 3.36. The van der Waals surface area contributed by atoms with Crippen LogP contribution in [0.15, 0.2) is 24.3 Å². The van der Waals surface area contributed by atoms with Gasteiger partial charge in [0.15, 0.2) is 0 Å². The molecule has 0 radical (unpaired) electrons. The molecule has 1 rings (SSSR count). The molecule has 0 bridgehead atoms. The number of rotatable bonds is 8. The van der Waals surface area contributed by atoms with Crippen molar-refractivity contribution in [2.75, 3.05) is 19.6 Å². The van der Waals surface area contributed by atoms with E-state index in [2.05, 4.69) is 5.32 Å². The van der Waals surface area contributed by atoms with Gasteiger partial charge in [0, 0.05) is 13.1 Å². The summed E-state index contributed by atoms with van der Waals surface area (Å²) in [5.41, 5.74) is -0.500. The number of carbonyl (C=O) groups is 2. The Morgan fingerprint density at radius 1 is 1.17 bits per heavy atom. The molecule has 0 spiro atoms. The Bertz CT molecular complexity index is 559. The minimum Gasteiger partial charge on any atom is -0.355 e. The lowest BCUT2D eigenvalue weighted by molar-refractivity contribution is -0.138. The molecule has 24 heavy (non-hydrogen) atoms. The van der Waals surface area contributed by atoms with Gasteiger partial charge in [-0.1, -0.05) is 32.0 Å². The first-order valence-corrected chi connectivity index (χ1v) is 7.98. The molecule has 0 atom stereocenters. The Balaban J connectivity index is 2.76. The molecule has 0 heterocycles. The Hall–Kier alpha value is -2.05. The van der Waals surface area contributed by atoms with E-state index >= 15 is 0 Å². The fourth-order valence-corrected chi connectivity index (χ4v) is 2.20. The van der Waals surface area contributed by atoms with Crippen LogP contribution in [0.3, 0.4) is 0 Å². The summed E-state index contributed by atoms with van der Waals surface area (Å²) < 4.78 is 38.2. The second kappa shape index (κ2) is 9.30. The van der Waals surface area contributed by atoms with Gasteiger partial charge in [-0.2, -0.15) is 13.2 Å². The van der Waals surface area contributed by atoms with Gasteiger partial charge in [0.2, 0.25) is 11.8 Å². The number of hydrogen-bond acceptors (Lipinski definition) is 2. The van der Waals surface area contributed by atoms with Gasteiger partial charge in [0.25, 0.3) is 0 Å². The van der Waals surface area contributed by atoms with Crippen molar-refractivity contribution in [2.24, 2.45) is 0 Å². The molecule has 4 nitrogen and oxygen atoms in total. The van der Waals surface area contributed by atoms with Crippen LogP contribution in [0.5, 0.6) is 0 Å². The summed E-state index contributed by atoms with van der Waals surface area (Å²) in [5, 5.41) is 2.69. The summed E-state index contributed by atoms with van der Waals surface area (Å²) in [5.74, 6) is -0.620. The maximum absolute atomic E-state index is 12.7. The minimum absolute atomic E-state index is 0.0777. The van der Waals surface area contributed by atoms with Crippen LogP contribution < -0.4 is 5.32 Å². The molecule has 0 aliphatic heterocycles. The lowest BCUT2D eigenvalue weighted by Gasteiger charge is -2.22. The third-order valence-corrected chi connectivity index (χ3v) is 3.36. The maximum Gasteiger partial charge on any atom is 0.416 e. The average molecular weight is 344 g/mol. The molecular formula is C17H23F3N2O2. The van der Waals surface area contributed by atoms with Crippen molar-refractivity contribution >= 4 is 11.8 Å². The van der Waals surface area contributed by atoms with Gasteiger partial charge in [-0.05, 0) is 24.5 Å². The van der Waals surface area contributed by atoms with Crippen molar-refractivity contribution in [2.45, 2.75) is 39.3 Å². The van der Waals surface area contributed by atoms with E-state index in [1.165, 1.54) is 17.0 Å². The molecule has 0 aliphatic rings. The number of hydrogen-bond donors (Lipinski definition) is 1. The molecule has 2 amide bonds. The molecular weight excluding hydrogens is 321 g/mol. The van der Waals surface area contributed by atoms with Crippen molar-refractivity contribution in [3.8, 4) is 0 Å². The van der Waals surface area contributed by atoms with Gasteiger partial charge in [0.05, 0.1) is 18.5 Å². The average Bonchev–Trinajstić information content (AvgIpc) is 2.52. The molecule has 0 saturated heterocycles. The van der Waals surface area contributed by atoms with Crippen LogP contribution >= 0.6 is 0 Å². The predicted molar refractivity (Wildman–Crippen MR) is 85.3 cm³/mol. The Morgan fingerprint density at radius 3 is 2.46 bits per heavy atom. The summed E-state index contributed by atoms with van der Waals surface area (Å²) in [6.45, 7) is 4.63. The Labute approximate surface area is 140 Å². The number of benzene rings is 1. The van der Waals surface area contributed by atoms with E-state index in [9.17, 15) is 22.8 Å². The van der Waals surface area contributed by atoms with Crippen LogP contribution in [0.1, 0.15) is 37.8 Å². The van der Waals surface area contributed by atoms with Gasteiger partial charge in [-0.15, -0.1) is 0 Å². The van der Waals surface area contributed by atoms with E-state index < -0.39 is 11.7 Å². The zero-order valence-corrected chi connectivity index (χ0v) is 13.9. The van der Waals surface area contributed by atoms with Gasteiger partial charge >= 0.3 is 6.18 Å². The smallest absolute Gasteiger partial charge is 0.355 e. The van der Waals surface area contributed by atoms with Gasteiger partial charge in [-0.3, -0.25) is 9.59 Å². The molecule has 1 N–H and O–H groups in total. The monoisotopic (exact) mass is 344 g/mol. The number of halogens is 3. The lowest BCUT2D eigenvalue weighted by atomic mass is 10.1. The van der Waals surface area contributed by atoms with Gasteiger partial charge in [-0.25, -0.2) is 0 Å². The maximum atomic E-state index is 12.7. The molecule has 1 aromatic rings. The number of nitrogens with one attached hydrogen (secondary N) is 1. The fourth-order valence-electron chi connectivity index (χ4n) is 2.20. The summed E-state index contributed by atoms with van der Waals surface area (Å²) >= 11 is 0. The Kier molecular flexibility index (Phi) is 7.74. The van der Waals surface area contributed by atoms with E-state index in [1.54, 1.807) is 0 Å². The highest BCUT2D eigenvalue weighted by molar-refractivity contribution is 5.85. The Morgan fingerprint density at radius 2 is 1.88 bits per heavy atom. The van der Waals surface area contributed by atoms with Crippen molar-refractivity contribution in [3.63, 3.8) is 0 Å². The highest BCUT2D eigenvalue weighted by Gasteiger charge is 2.30. The lowest BCUT2D eigenvalue weighted by Crippen LogP contribution is -2.42. The van der Waals surface area contributed by atoms with Gasteiger partial charge in [0.1, 0.15) is 0 Å². The SMILES string of the molecule is CCCNC(=O)CN(CCC)C(=O)Cc1cccc(C(F)(F)F)c1. The van der Waals surface area contributed by atoms with Crippen LogP contribution in [-0.4, -0.2) is 36.3 Å².